The zero-order chi connectivity index (χ0) is 25.2. The number of likely N-dealkylation sites (N-methyl/N-ethyl adjacent to an activating group) is 1. The largest absolute Gasteiger partial charge is 0.378 e. The molecule has 1 aliphatic heterocycles. The highest BCUT2D eigenvalue weighted by Crippen LogP contribution is 2.27. The van der Waals surface area contributed by atoms with Crippen molar-refractivity contribution in [2.75, 3.05) is 11.9 Å². The molecule has 0 saturated heterocycles. The highest BCUT2D eigenvalue weighted by molar-refractivity contribution is 6.00. The van der Waals surface area contributed by atoms with Crippen LogP contribution < -0.4 is 10.2 Å². The Morgan fingerprint density at radius 2 is 2.09 bits per heavy atom. The second-order valence-electron chi connectivity index (χ2n) is 9.33. The molecule has 3 heterocycles. The summed E-state index contributed by atoms with van der Waals surface area (Å²) < 4.78 is 1.22. The third-order valence-corrected chi connectivity index (χ3v) is 5.76. The molecule has 0 fully saturated rings. The van der Waals surface area contributed by atoms with Crippen molar-refractivity contribution in [3.05, 3.63) is 76.9 Å². The van der Waals surface area contributed by atoms with Gasteiger partial charge in [0, 0.05) is 42.3 Å². The molecule has 1 atom stereocenters. The Bertz CT molecular complexity index is 1330. The van der Waals surface area contributed by atoms with Crippen molar-refractivity contribution in [2.45, 2.75) is 51.7 Å². The molecule has 8 nitrogen and oxygen atoms in total. The minimum Gasteiger partial charge on any atom is -0.378 e. The number of carbonyl (C=O) groups is 2. The van der Waals surface area contributed by atoms with Crippen molar-refractivity contribution >= 4 is 17.6 Å². The Balaban J connectivity index is 1.45. The van der Waals surface area contributed by atoms with Gasteiger partial charge in [0.1, 0.15) is 11.6 Å². The first kappa shape index (κ1) is 24.2. The number of rotatable bonds is 3. The lowest BCUT2D eigenvalue weighted by Gasteiger charge is -2.22. The second-order valence-corrected chi connectivity index (χ2v) is 9.33. The lowest BCUT2D eigenvalue weighted by atomic mass is 10.0. The maximum atomic E-state index is 13.2. The molecule has 35 heavy (non-hydrogen) atoms. The monoisotopic (exact) mass is 471 g/mol. The number of hydrogen-bond donors (Lipinski definition) is 2. The van der Waals surface area contributed by atoms with E-state index in [1.165, 1.54) is 4.68 Å². The number of aliphatic hydroxyl groups is 1. The van der Waals surface area contributed by atoms with E-state index in [0.717, 1.165) is 28.2 Å². The molecule has 2 N–H and O–H groups in total. The molecule has 0 spiro atoms. The summed E-state index contributed by atoms with van der Waals surface area (Å²) in [7, 11) is 1.69. The standard InChI is InChI=1S/C27H29N5O3/c1-18-6-5-7-22(29-18)14-20-16-28-32(17-20)26(34)30-23-11-10-21-9-8-19(12-13-27(2,3)35)15-24(21)31(4)25(23)33/h5-9,15-17,23,35H,10-11,14H2,1-4H3,(H,30,34). The smallest absolute Gasteiger partial charge is 0.342 e. The van der Waals surface area contributed by atoms with Crippen molar-refractivity contribution in [2.24, 2.45) is 0 Å². The van der Waals surface area contributed by atoms with Gasteiger partial charge in [0.05, 0.1) is 6.20 Å². The number of nitrogens with zero attached hydrogens (tertiary/aromatic N) is 4. The Morgan fingerprint density at radius 3 is 2.83 bits per heavy atom. The Hall–Kier alpha value is -3.96. The number of benzene rings is 1. The Kier molecular flexibility index (Phi) is 6.72. The number of pyridine rings is 1. The van der Waals surface area contributed by atoms with Crippen LogP contribution in [0.2, 0.25) is 0 Å². The molecule has 1 aliphatic rings. The SMILES string of the molecule is Cc1cccc(Cc2cnn(C(=O)NC3CCc4ccc(C#CC(C)(C)O)cc4N(C)C3=O)c2)n1. The van der Waals surface area contributed by atoms with E-state index in [4.69, 9.17) is 0 Å². The van der Waals surface area contributed by atoms with Crippen LogP contribution in [0.1, 0.15) is 48.3 Å². The maximum Gasteiger partial charge on any atom is 0.342 e. The summed E-state index contributed by atoms with van der Waals surface area (Å²) >= 11 is 0. The average molecular weight is 472 g/mol. The molecule has 2 aromatic heterocycles. The fourth-order valence-electron chi connectivity index (χ4n) is 3.98. The molecular weight excluding hydrogens is 442 g/mol. The number of anilines is 1. The summed E-state index contributed by atoms with van der Waals surface area (Å²) in [5, 5.41) is 16.9. The molecular formula is C27H29N5O3. The van der Waals surface area contributed by atoms with Crippen LogP contribution in [0.15, 0.2) is 48.8 Å². The van der Waals surface area contributed by atoms with Crippen molar-refractivity contribution < 1.29 is 14.7 Å². The van der Waals surface area contributed by atoms with Gasteiger partial charge in [-0.3, -0.25) is 9.78 Å². The molecule has 0 saturated carbocycles. The Labute approximate surface area is 205 Å². The summed E-state index contributed by atoms with van der Waals surface area (Å²) in [6, 6.07) is 10.3. The van der Waals surface area contributed by atoms with Gasteiger partial charge in [0.15, 0.2) is 0 Å². The van der Waals surface area contributed by atoms with Crippen LogP contribution in [0.25, 0.3) is 0 Å². The summed E-state index contributed by atoms with van der Waals surface area (Å²) in [4.78, 5) is 32.1. The van der Waals surface area contributed by atoms with Crippen LogP contribution in [-0.2, 0) is 17.6 Å². The van der Waals surface area contributed by atoms with Crippen molar-refractivity contribution in [1.82, 2.24) is 20.1 Å². The van der Waals surface area contributed by atoms with Gasteiger partial charge in [-0.15, -0.1) is 0 Å². The zero-order valence-corrected chi connectivity index (χ0v) is 20.4. The van der Waals surface area contributed by atoms with Gasteiger partial charge in [-0.1, -0.05) is 24.0 Å². The summed E-state index contributed by atoms with van der Waals surface area (Å²) in [5.74, 6) is 5.54. The molecule has 1 unspecified atom stereocenters. The van der Waals surface area contributed by atoms with Crippen molar-refractivity contribution in [3.63, 3.8) is 0 Å². The minimum atomic E-state index is -1.10. The molecule has 1 aromatic carbocycles. The third kappa shape index (κ3) is 5.94. The number of aromatic nitrogens is 3. The van der Waals surface area contributed by atoms with E-state index in [9.17, 15) is 14.7 Å². The van der Waals surface area contributed by atoms with Crippen LogP contribution in [0.5, 0.6) is 0 Å². The first-order chi connectivity index (χ1) is 16.6. The molecule has 3 aromatic rings. The number of fused-ring (bicyclic) bond motifs is 1. The topological polar surface area (TPSA) is 100 Å². The molecule has 180 valence electrons. The lowest BCUT2D eigenvalue weighted by Crippen LogP contribution is -2.48. The van der Waals surface area contributed by atoms with Crippen LogP contribution >= 0.6 is 0 Å². The summed E-state index contributed by atoms with van der Waals surface area (Å²) in [5.41, 5.74) is 4.04. The van der Waals surface area contributed by atoms with Gasteiger partial charge in [-0.05, 0) is 69.0 Å². The van der Waals surface area contributed by atoms with Crippen molar-refractivity contribution in [1.29, 1.82) is 0 Å². The first-order valence-electron chi connectivity index (χ1n) is 11.5. The van der Waals surface area contributed by atoms with Crippen LogP contribution in [0.4, 0.5) is 10.5 Å². The number of carbonyl (C=O) groups excluding carboxylic acids is 2. The van der Waals surface area contributed by atoms with E-state index in [0.29, 0.717) is 24.8 Å². The number of nitrogens with one attached hydrogen (secondary N) is 1. The molecule has 4 rings (SSSR count). The van der Waals surface area contributed by atoms with E-state index in [-0.39, 0.29) is 5.91 Å². The van der Waals surface area contributed by atoms with E-state index in [1.54, 1.807) is 38.2 Å². The molecule has 0 radical (unpaired) electrons. The quantitative estimate of drug-likeness (QED) is 0.572. The van der Waals surface area contributed by atoms with Crippen LogP contribution in [0.3, 0.4) is 0 Å². The van der Waals surface area contributed by atoms with E-state index in [1.807, 2.05) is 43.3 Å². The third-order valence-electron chi connectivity index (χ3n) is 5.76. The summed E-state index contributed by atoms with van der Waals surface area (Å²) in [6.07, 6.45) is 4.95. The molecule has 2 amide bonds. The predicted octanol–water partition coefficient (Wildman–Crippen LogP) is 2.84. The highest BCUT2D eigenvalue weighted by Gasteiger charge is 2.30. The van der Waals surface area contributed by atoms with Gasteiger partial charge in [-0.25, -0.2) is 4.79 Å². The fraction of sp³-hybridized carbons (Fsp3) is 0.333. The van der Waals surface area contributed by atoms with E-state index < -0.39 is 17.7 Å². The molecule has 0 aliphatic carbocycles. The highest BCUT2D eigenvalue weighted by atomic mass is 16.3. The molecule has 0 bridgehead atoms. The predicted molar refractivity (Wildman–Crippen MR) is 133 cm³/mol. The second kappa shape index (κ2) is 9.72. The minimum absolute atomic E-state index is 0.207. The Morgan fingerprint density at radius 1 is 1.29 bits per heavy atom. The lowest BCUT2D eigenvalue weighted by molar-refractivity contribution is -0.120. The summed E-state index contributed by atoms with van der Waals surface area (Å²) in [6.45, 7) is 5.17. The van der Waals surface area contributed by atoms with Crippen LogP contribution in [-0.4, -0.2) is 50.5 Å². The first-order valence-corrected chi connectivity index (χ1v) is 11.5. The van der Waals surface area contributed by atoms with E-state index >= 15 is 0 Å². The van der Waals surface area contributed by atoms with Gasteiger partial charge in [-0.2, -0.15) is 9.78 Å². The fourth-order valence-corrected chi connectivity index (χ4v) is 3.98. The van der Waals surface area contributed by atoms with Gasteiger partial charge < -0.3 is 15.3 Å². The number of hydrogen-bond acceptors (Lipinski definition) is 5. The average Bonchev–Trinajstić information content (AvgIpc) is 3.23. The van der Waals surface area contributed by atoms with Gasteiger partial charge >= 0.3 is 6.03 Å². The normalized spacial score (nSPS) is 15.6. The maximum absolute atomic E-state index is 13.2. The van der Waals surface area contributed by atoms with E-state index in [2.05, 4.69) is 27.2 Å². The molecule has 8 heteroatoms. The van der Waals surface area contributed by atoms with Crippen LogP contribution in [0, 0.1) is 18.8 Å². The van der Waals surface area contributed by atoms with Crippen molar-refractivity contribution in [3.8, 4) is 11.8 Å². The van der Waals surface area contributed by atoms with Gasteiger partial charge in [0.25, 0.3) is 0 Å². The number of amides is 2. The van der Waals surface area contributed by atoms with Gasteiger partial charge in [0.2, 0.25) is 5.91 Å². The number of aryl methyl sites for hydroxylation is 2. The zero-order valence-electron chi connectivity index (χ0n) is 20.4.